The van der Waals surface area contributed by atoms with Gasteiger partial charge in [0.15, 0.2) is 0 Å². The lowest BCUT2D eigenvalue weighted by molar-refractivity contribution is 0.525. The van der Waals surface area contributed by atoms with Crippen LogP contribution in [-0.4, -0.2) is 6.54 Å². The Morgan fingerprint density at radius 2 is 1.62 bits per heavy atom. The van der Waals surface area contributed by atoms with Crippen molar-refractivity contribution in [3.05, 3.63) is 70.3 Å². The van der Waals surface area contributed by atoms with Crippen LogP contribution in [-0.2, 0) is 6.42 Å². The van der Waals surface area contributed by atoms with Gasteiger partial charge in [-0.05, 0) is 62.4 Å². The van der Waals surface area contributed by atoms with Gasteiger partial charge in [-0.3, -0.25) is 0 Å². The minimum Gasteiger partial charge on any atom is -0.310 e. The number of hydrogen-bond acceptors (Lipinski definition) is 1. The van der Waals surface area contributed by atoms with Crippen LogP contribution in [0.3, 0.4) is 0 Å². The lowest BCUT2D eigenvalue weighted by Crippen LogP contribution is -2.25. The van der Waals surface area contributed by atoms with Crippen molar-refractivity contribution in [1.82, 2.24) is 5.32 Å². The predicted octanol–water partition coefficient (Wildman–Crippen LogP) is 4.90. The van der Waals surface area contributed by atoms with Gasteiger partial charge in [-0.2, -0.15) is 0 Å². The molecule has 0 bridgehead atoms. The van der Waals surface area contributed by atoms with Crippen LogP contribution in [0.25, 0.3) is 0 Å². The van der Waals surface area contributed by atoms with E-state index in [4.69, 9.17) is 0 Å². The summed E-state index contributed by atoms with van der Waals surface area (Å²) in [5, 5.41) is 3.74. The molecule has 21 heavy (non-hydrogen) atoms. The van der Waals surface area contributed by atoms with E-state index in [1.165, 1.54) is 27.8 Å². The van der Waals surface area contributed by atoms with Gasteiger partial charge in [-0.25, -0.2) is 0 Å². The predicted molar refractivity (Wildman–Crippen MR) is 91.8 cm³/mol. The molecule has 0 aromatic heterocycles. The molecule has 0 radical (unpaired) electrons. The van der Waals surface area contributed by atoms with Crippen molar-refractivity contribution in [3.8, 4) is 0 Å². The molecule has 0 saturated carbocycles. The van der Waals surface area contributed by atoms with Gasteiger partial charge in [-0.1, -0.05) is 55.0 Å². The molecule has 2 rings (SSSR count). The van der Waals surface area contributed by atoms with Gasteiger partial charge < -0.3 is 5.32 Å². The Kier molecular flexibility index (Phi) is 5.58. The molecule has 2 aromatic carbocycles. The van der Waals surface area contributed by atoms with Crippen molar-refractivity contribution >= 4 is 0 Å². The molecule has 0 aliphatic heterocycles. The summed E-state index contributed by atoms with van der Waals surface area (Å²) in [6, 6.07) is 15.8. The number of aryl methyl sites for hydroxylation is 3. The molecule has 0 aliphatic rings. The average Bonchev–Trinajstić information content (AvgIpc) is 2.44. The average molecular weight is 281 g/mol. The maximum atomic E-state index is 3.74. The lowest BCUT2D eigenvalue weighted by atomic mass is 9.91. The summed E-state index contributed by atoms with van der Waals surface area (Å²) in [4.78, 5) is 0. The summed E-state index contributed by atoms with van der Waals surface area (Å²) in [6.07, 6.45) is 2.21. The van der Waals surface area contributed by atoms with E-state index in [0.717, 1.165) is 19.4 Å². The molecular formula is C20H27N. The molecule has 0 aliphatic carbocycles. The van der Waals surface area contributed by atoms with Crippen molar-refractivity contribution in [1.29, 1.82) is 0 Å². The minimum absolute atomic E-state index is 0.396. The highest BCUT2D eigenvalue weighted by Gasteiger charge is 2.16. The fourth-order valence-corrected chi connectivity index (χ4v) is 3.05. The standard InChI is InChI=1S/C20H27N/c1-5-12-21-19(14-18-11-6-8-15(2)13-18)20-16(3)9-7-10-17(20)4/h6-11,13,19,21H,5,12,14H2,1-4H3. The molecule has 0 spiro atoms. The van der Waals surface area contributed by atoms with Crippen LogP contribution in [0, 0.1) is 20.8 Å². The summed E-state index contributed by atoms with van der Waals surface area (Å²) in [5.74, 6) is 0. The first kappa shape index (κ1) is 15.8. The number of rotatable bonds is 6. The topological polar surface area (TPSA) is 12.0 Å². The SMILES string of the molecule is CCCNC(Cc1cccc(C)c1)c1c(C)cccc1C. The summed E-state index contributed by atoms with van der Waals surface area (Å²) in [7, 11) is 0. The Balaban J connectivity index is 2.30. The molecular weight excluding hydrogens is 254 g/mol. The monoisotopic (exact) mass is 281 g/mol. The highest BCUT2D eigenvalue weighted by molar-refractivity contribution is 5.37. The Morgan fingerprint density at radius 3 is 2.24 bits per heavy atom. The summed E-state index contributed by atoms with van der Waals surface area (Å²) in [6.45, 7) is 9.89. The third-order valence-electron chi connectivity index (χ3n) is 4.05. The first-order valence-electron chi connectivity index (χ1n) is 7.97. The van der Waals surface area contributed by atoms with Crippen LogP contribution in [0.5, 0.6) is 0 Å². The van der Waals surface area contributed by atoms with Gasteiger partial charge in [0.25, 0.3) is 0 Å². The van der Waals surface area contributed by atoms with Crippen LogP contribution in [0.2, 0.25) is 0 Å². The zero-order valence-corrected chi connectivity index (χ0v) is 13.7. The highest BCUT2D eigenvalue weighted by atomic mass is 14.9. The van der Waals surface area contributed by atoms with Crippen molar-refractivity contribution in [2.45, 2.75) is 46.6 Å². The molecule has 2 aromatic rings. The third-order valence-corrected chi connectivity index (χ3v) is 4.05. The van der Waals surface area contributed by atoms with Crippen molar-refractivity contribution < 1.29 is 0 Å². The van der Waals surface area contributed by atoms with Crippen LogP contribution in [0.1, 0.15) is 47.2 Å². The molecule has 1 nitrogen and oxygen atoms in total. The number of hydrogen-bond donors (Lipinski definition) is 1. The molecule has 0 amide bonds. The Morgan fingerprint density at radius 1 is 0.952 bits per heavy atom. The molecule has 1 N–H and O–H groups in total. The summed E-state index contributed by atoms with van der Waals surface area (Å²) >= 11 is 0. The van der Waals surface area contributed by atoms with Gasteiger partial charge in [0, 0.05) is 6.04 Å². The largest absolute Gasteiger partial charge is 0.310 e. The Labute approximate surface area is 129 Å². The van der Waals surface area contributed by atoms with E-state index in [1.54, 1.807) is 0 Å². The second kappa shape index (κ2) is 7.42. The van der Waals surface area contributed by atoms with Gasteiger partial charge in [-0.15, -0.1) is 0 Å². The van der Waals surface area contributed by atoms with Gasteiger partial charge >= 0.3 is 0 Å². The van der Waals surface area contributed by atoms with Gasteiger partial charge in [0.1, 0.15) is 0 Å². The van der Waals surface area contributed by atoms with Crippen LogP contribution in [0.4, 0.5) is 0 Å². The van der Waals surface area contributed by atoms with E-state index < -0.39 is 0 Å². The van der Waals surface area contributed by atoms with E-state index in [9.17, 15) is 0 Å². The normalized spacial score (nSPS) is 12.4. The van der Waals surface area contributed by atoms with Crippen LogP contribution < -0.4 is 5.32 Å². The first-order chi connectivity index (χ1) is 10.1. The second-order valence-electron chi connectivity index (χ2n) is 6.01. The van der Waals surface area contributed by atoms with E-state index in [0.29, 0.717) is 6.04 Å². The molecule has 0 heterocycles. The molecule has 0 saturated heterocycles. The van der Waals surface area contributed by atoms with Crippen molar-refractivity contribution in [2.24, 2.45) is 0 Å². The zero-order valence-electron chi connectivity index (χ0n) is 13.7. The second-order valence-corrected chi connectivity index (χ2v) is 6.01. The summed E-state index contributed by atoms with van der Waals surface area (Å²) < 4.78 is 0. The molecule has 1 heteroatoms. The van der Waals surface area contributed by atoms with E-state index >= 15 is 0 Å². The Hall–Kier alpha value is -1.60. The maximum Gasteiger partial charge on any atom is 0.0366 e. The smallest absolute Gasteiger partial charge is 0.0366 e. The lowest BCUT2D eigenvalue weighted by Gasteiger charge is -2.23. The maximum absolute atomic E-state index is 3.74. The van der Waals surface area contributed by atoms with E-state index in [2.05, 4.69) is 75.5 Å². The van der Waals surface area contributed by atoms with Crippen molar-refractivity contribution in [2.75, 3.05) is 6.54 Å². The molecule has 112 valence electrons. The Bertz CT molecular complexity index is 566. The number of nitrogens with one attached hydrogen (secondary N) is 1. The fourth-order valence-electron chi connectivity index (χ4n) is 3.05. The molecule has 1 atom stereocenters. The van der Waals surface area contributed by atoms with E-state index in [1.807, 2.05) is 0 Å². The van der Waals surface area contributed by atoms with Crippen LogP contribution >= 0.6 is 0 Å². The van der Waals surface area contributed by atoms with Crippen molar-refractivity contribution in [3.63, 3.8) is 0 Å². The number of benzene rings is 2. The molecule has 1 unspecified atom stereocenters. The van der Waals surface area contributed by atoms with Gasteiger partial charge in [0.05, 0.1) is 0 Å². The van der Waals surface area contributed by atoms with Gasteiger partial charge in [0.2, 0.25) is 0 Å². The minimum atomic E-state index is 0.396. The zero-order chi connectivity index (χ0) is 15.2. The van der Waals surface area contributed by atoms with Crippen LogP contribution in [0.15, 0.2) is 42.5 Å². The third kappa shape index (κ3) is 4.18. The fraction of sp³-hybridized carbons (Fsp3) is 0.400. The first-order valence-corrected chi connectivity index (χ1v) is 7.97. The quantitative estimate of drug-likeness (QED) is 0.794. The summed E-state index contributed by atoms with van der Waals surface area (Å²) in [5.41, 5.74) is 6.98. The van der Waals surface area contributed by atoms with E-state index in [-0.39, 0.29) is 0 Å². The highest BCUT2D eigenvalue weighted by Crippen LogP contribution is 2.25. The molecule has 0 fully saturated rings.